The van der Waals surface area contributed by atoms with E-state index in [1.807, 2.05) is 0 Å². The molecule has 3 fully saturated rings. The van der Waals surface area contributed by atoms with E-state index in [1.165, 1.54) is 6.07 Å². The van der Waals surface area contributed by atoms with Crippen LogP contribution in [0.3, 0.4) is 0 Å². The fraction of sp³-hybridized carbons (Fsp3) is 0.650. The maximum Gasteiger partial charge on any atom is 0.234 e. The van der Waals surface area contributed by atoms with Crippen molar-refractivity contribution in [1.82, 2.24) is 15.5 Å². The highest BCUT2D eigenvalue weighted by molar-refractivity contribution is 6.30. The summed E-state index contributed by atoms with van der Waals surface area (Å²) in [5.41, 5.74) is 0.745. The van der Waals surface area contributed by atoms with Crippen molar-refractivity contribution in [3.05, 3.63) is 34.6 Å². The Morgan fingerprint density at radius 2 is 2.11 bits per heavy atom. The lowest BCUT2D eigenvalue weighted by atomic mass is 9.95. The molecule has 1 aromatic carbocycles. The predicted octanol–water partition coefficient (Wildman–Crippen LogP) is 1.74. The normalized spacial score (nSPS) is 30.8. The fourth-order valence-corrected chi connectivity index (χ4v) is 4.48. The lowest BCUT2D eigenvalue weighted by Crippen LogP contribution is -2.48. The molecule has 6 nitrogen and oxygen atoms in total. The Morgan fingerprint density at radius 1 is 1.32 bits per heavy atom. The monoisotopic (exact) mass is 411 g/mol. The van der Waals surface area contributed by atoms with E-state index in [2.05, 4.69) is 15.5 Å². The van der Waals surface area contributed by atoms with Gasteiger partial charge in [-0.2, -0.15) is 0 Å². The van der Waals surface area contributed by atoms with Gasteiger partial charge in [0.25, 0.3) is 0 Å². The number of rotatable bonds is 5. The van der Waals surface area contributed by atoms with Gasteiger partial charge in [-0.1, -0.05) is 17.7 Å². The van der Waals surface area contributed by atoms with Crippen LogP contribution < -0.4 is 10.6 Å². The van der Waals surface area contributed by atoms with Crippen molar-refractivity contribution in [3.8, 4) is 0 Å². The first-order chi connectivity index (χ1) is 13.6. The van der Waals surface area contributed by atoms with E-state index in [1.54, 1.807) is 12.1 Å². The SMILES string of the molecule is O=C(CN1CC2CC[C@H](C1)O2)NC[C@@H]1CNCCO[C@H]1c1ccc(Cl)c(F)c1. The summed E-state index contributed by atoms with van der Waals surface area (Å²) in [6.07, 6.45) is 2.44. The predicted molar refractivity (Wildman–Crippen MR) is 104 cm³/mol. The average Bonchev–Trinajstić information content (AvgIpc) is 2.88. The third-order valence-corrected chi connectivity index (χ3v) is 6.04. The Hall–Kier alpha value is -1.25. The Balaban J connectivity index is 1.34. The van der Waals surface area contributed by atoms with Crippen LogP contribution in [0.15, 0.2) is 18.2 Å². The largest absolute Gasteiger partial charge is 0.372 e. The minimum atomic E-state index is -0.454. The van der Waals surface area contributed by atoms with Crippen molar-refractivity contribution in [1.29, 1.82) is 0 Å². The molecule has 3 heterocycles. The van der Waals surface area contributed by atoms with Gasteiger partial charge in [-0.15, -0.1) is 0 Å². The average molecular weight is 412 g/mol. The van der Waals surface area contributed by atoms with Gasteiger partial charge in [0.05, 0.1) is 36.5 Å². The summed E-state index contributed by atoms with van der Waals surface area (Å²) >= 11 is 5.81. The third-order valence-electron chi connectivity index (χ3n) is 5.73. The Bertz CT molecular complexity index is 695. The Labute approximate surface area is 169 Å². The van der Waals surface area contributed by atoms with Crippen LogP contribution in [-0.2, 0) is 14.3 Å². The zero-order valence-electron chi connectivity index (χ0n) is 15.8. The van der Waals surface area contributed by atoms with E-state index < -0.39 is 5.82 Å². The topological polar surface area (TPSA) is 62.8 Å². The van der Waals surface area contributed by atoms with Gasteiger partial charge in [-0.05, 0) is 30.5 Å². The highest BCUT2D eigenvalue weighted by Gasteiger charge is 2.34. The number of nitrogens with zero attached hydrogens (tertiary/aromatic N) is 1. The van der Waals surface area contributed by atoms with Crippen molar-refractivity contribution in [3.63, 3.8) is 0 Å². The maximum absolute atomic E-state index is 13.9. The lowest BCUT2D eigenvalue weighted by molar-refractivity contribution is -0.125. The maximum atomic E-state index is 13.9. The van der Waals surface area contributed by atoms with Gasteiger partial charge in [0.2, 0.25) is 5.91 Å². The van der Waals surface area contributed by atoms with Crippen molar-refractivity contribution in [2.24, 2.45) is 5.92 Å². The van der Waals surface area contributed by atoms with E-state index in [9.17, 15) is 9.18 Å². The first kappa shape index (κ1) is 20.0. The van der Waals surface area contributed by atoms with Gasteiger partial charge < -0.3 is 20.1 Å². The molecule has 2 N–H and O–H groups in total. The van der Waals surface area contributed by atoms with Gasteiger partial charge in [0.1, 0.15) is 5.82 Å². The van der Waals surface area contributed by atoms with E-state index in [4.69, 9.17) is 21.1 Å². The molecule has 3 saturated heterocycles. The van der Waals surface area contributed by atoms with Crippen LogP contribution in [0.2, 0.25) is 5.02 Å². The molecule has 0 aromatic heterocycles. The zero-order chi connectivity index (χ0) is 19.5. The van der Waals surface area contributed by atoms with Crippen LogP contribution in [-0.4, -0.2) is 68.9 Å². The van der Waals surface area contributed by atoms with Crippen LogP contribution in [0, 0.1) is 11.7 Å². The van der Waals surface area contributed by atoms with Crippen LogP contribution >= 0.6 is 11.6 Å². The van der Waals surface area contributed by atoms with Gasteiger partial charge in [0, 0.05) is 38.6 Å². The molecule has 1 amide bonds. The molecule has 4 atom stereocenters. The van der Waals surface area contributed by atoms with Crippen LogP contribution in [0.4, 0.5) is 4.39 Å². The highest BCUT2D eigenvalue weighted by Crippen LogP contribution is 2.30. The van der Waals surface area contributed by atoms with E-state index in [0.29, 0.717) is 26.2 Å². The summed E-state index contributed by atoms with van der Waals surface area (Å²) < 4.78 is 25.7. The molecule has 2 bridgehead atoms. The number of ether oxygens (including phenoxy) is 2. The number of carbonyl (C=O) groups excluding carboxylic acids is 1. The summed E-state index contributed by atoms with van der Waals surface area (Å²) in [6, 6.07) is 4.77. The molecule has 0 spiro atoms. The second-order valence-electron chi connectivity index (χ2n) is 7.88. The third kappa shape index (κ3) is 4.83. The molecule has 1 unspecified atom stereocenters. The number of morpholine rings is 1. The van der Waals surface area contributed by atoms with Crippen molar-refractivity contribution >= 4 is 17.5 Å². The molecule has 0 aliphatic carbocycles. The number of benzene rings is 1. The van der Waals surface area contributed by atoms with Crippen molar-refractivity contribution in [2.75, 3.05) is 45.9 Å². The first-order valence-electron chi connectivity index (χ1n) is 10.0. The molecule has 1 aromatic rings. The van der Waals surface area contributed by atoms with Crippen LogP contribution in [0.1, 0.15) is 24.5 Å². The molecule has 0 radical (unpaired) electrons. The summed E-state index contributed by atoms with van der Waals surface area (Å²) in [4.78, 5) is 14.7. The minimum absolute atomic E-state index is 0.00610. The number of halogens is 2. The molecule has 3 aliphatic rings. The first-order valence-corrected chi connectivity index (χ1v) is 10.4. The molecular formula is C20H27ClFN3O3. The molecule has 0 saturated carbocycles. The van der Waals surface area contributed by atoms with Gasteiger partial charge in [-0.25, -0.2) is 4.39 Å². The van der Waals surface area contributed by atoms with Crippen LogP contribution in [0.5, 0.6) is 0 Å². The van der Waals surface area contributed by atoms with Gasteiger partial charge in [-0.3, -0.25) is 9.69 Å². The number of hydrogen-bond acceptors (Lipinski definition) is 5. The minimum Gasteiger partial charge on any atom is -0.372 e. The van der Waals surface area contributed by atoms with Gasteiger partial charge >= 0.3 is 0 Å². The molecule has 154 valence electrons. The van der Waals surface area contributed by atoms with E-state index in [0.717, 1.165) is 38.0 Å². The summed E-state index contributed by atoms with van der Waals surface area (Å²) in [5.74, 6) is -0.441. The second kappa shape index (κ2) is 9.05. The highest BCUT2D eigenvalue weighted by atomic mass is 35.5. The smallest absolute Gasteiger partial charge is 0.234 e. The number of fused-ring (bicyclic) bond motifs is 2. The number of amides is 1. The van der Waals surface area contributed by atoms with Gasteiger partial charge in [0.15, 0.2) is 0 Å². The summed E-state index contributed by atoms with van der Waals surface area (Å²) in [5, 5.41) is 6.46. The number of nitrogens with one attached hydrogen (secondary N) is 2. The number of carbonyl (C=O) groups is 1. The number of likely N-dealkylation sites (tertiary alicyclic amines) is 1. The molecule has 3 aliphatic heterocycles. The standard InChI is InChI=1S/C20H27ClFN3O3/c21-17-4-1-13(7-18(17)22)20-14(8-23-5-6-27-20)9-24-19(26)12-25-10-15-2-3-16(11-25)28-15/h1,4,7,14-16,20,23H,2-3,5-6,8-12H2,(H,24,26)/t14-,15+,16?,20-/m0/s1. The van der Waals surface area contributed by atoms with Crippen LogP contribution in [0.25, 0.3) is 0 Å². The lowest BCUT2D eigenvalue weighted by Gasteiger charge is -2.31. The molecular weight excluding hydrogens is 385 g/mol. The quantitative estimate of drug-likeness (QED) is 0.772. The Morgan fingerprint density at radius 3 is 2.86 bits per heavy atom. The van der Waals surface area contributed by atoms with Crippen molar-refractivity contribution in [2.45, 2.75) is 31.2 Å². The number of hydrogen-bond donors (Lipinski definition) is 2. The van der Waals surface area contributed by atoms with E-state index in [-0.39, 0.29) is 35.2 Å². The molecule has 4 rings (SSSR count). The summed E-state index contributed by atoms with van der Waals surface area (Å²) in [6.45, 7) is 4.46. The second-order valence-corrected chi connectivity index (χ2v) is 8.29. The molecule has 28 heavy (non-hydrogen) atoms. The fourth-order valence-electron chi connectivity index (χ4n) is 4.36. The molecule has 8 heteroatoms. The zero-order valence-corrected chi connectivity index (χ0v) is 16.6. The van der Waals surface area contributed by atoms with E-state index >= 15 is 0 Å². The Kier molecular flexibility index (Phi) is 6.48. The summed E-state index contributed by atoms with van der Waals surface area (Å²) in [7, 11) is 0. The van der Waals surface area contributed by atoms with Crippen molar-refractivity contribution < 1.29 is 18.7 Å².